The summed E-state index contributed by atoms with van der Waals surface area (Å²) in [5, 5.41) is 27.7. The molecule has 4 N–H and O–H groups in total. The highest BCUT2D eigenvalue weighted by Crippen LogP contribution is 2.30. The van der Waals surface area contributed by atoms with Crippen LogP contribution in [0.25, 0.3) is 0 Å². The third kappa shape index (κ3) is 6.42. The van der Waals surface area contributed by atoms with E-state index in [1.807, 2.05) is 0 Å². The maximum Gasteiger partial charge on any atom is 0.335 e. The Bertz CT molecular complexity index is 999. The second-order valence-electron chi connectivity index (χ2n) is 5.71. The van der Waals surface area contributed by atoms with Gasteiger partial charge in [0, 0.05) is 11.8 Å². The van der Waals surface area contributed by atoms with Crippen LogP contribution in [0.4, 0.5) is 11.4 Å². The number of amides is 1. The molecule has 0 unspecified atom stereocenters. The molecule has 9 nitrogen and oxygen atoms in total. The molecule has 0 spiro atoms. The van der Waals surface area contributed by atoms with Gasteiger partial charge in [0.15, 0.2) is 5.11 Å². The molecule has 0 saturated carbocycles. The van der Waals surface area contributed by atoms with Crippen LogP contribution < -0.4 is 16.0 Å². The molecule has 13 heteroatoms. The van der Waals surface area contributed by atoms with E-state index in [2.05, 4.69) is 16.0 Å². The molecule has 1 atom stereocenters. The molecule has 0 heterocycles. The molecule has 0 aliphatic carbocycles. The minimum absolute atomic E-state index is 0.0189. The number of carbonyl (C=O) groups is 2. The van der Waals surface area contributed by atoms with E-state index >= 15 is 0 Å². The number of nitrogens with zero attached hydrogens (tertiary/aromatic N) is 1. The quantitative estimate of drug-likeness (QED) is 0.158. The van der Waals surface area contributed by atoms with Crippen LogP contribution in [0.15, 0.2) is 48.5 Å². The van der Waals surface area contributed by atoms with Gasteiger partial charge in [-0.1, -0.05) is 53.0 Å². The number of halogens is 3. The summed E-state index contributed by atoms with van der Waals surface area (Å²) in [6.45, 7) is 0. The van der Waals surface area contributed by atoms with Gasteiger partial charge in [-0.05, 0) is 36.5 Å². The molecule has 2 aromatic rings. The minimum Gasteiger partial charge on any atom is -0.478 e. The zero-order valence-corrected chi connectivity index (χ0v) is 17.8. The van der Waals surface area contributed by atoms with E-state index in [1.165, 1.54) is 36.4 Å². The van der Waals surface area contributed by atoms with Crippen molar-refractivity contribution in [2.24, 2.45) is 0 Å². The number of anilines is 1. The maximum absolute atomic E-state index is 12.5. The van der Waals surface area contributed by atoms with Crippen molar-refractivity contribution < 1.29 is 19.6 Å². The number of carboxylic acids is 1. The minimum atomic E-state index is -2.09. The van der Waals surface area contributed by atoms with Crippen molar-refractivity contribution in [3.8, 4) is 0 Å². The lowest BCUT2D eigenvalue weighted by Gasteiger charge is -2.27. The van der Waals surface area contributed by atoms with Crippen LogP contribution in [-0.2, 0) is 0 Å². The second kappa shape index (κ2) is 9.90. The fourth-order valence-electron chi connectivity index (χ4n) is 2.26. The summed E-state index contributed by atoms with van der Waals surface area (Å²) in [5.74, 6) is -2.00. The van der Waals surface area contributed by atoms with E-state index in [0.29, 0.717) is 5.69 Å². The lowest BCUT2D eigenvalue weighted by atomic mass is 10.1. The van der Waals surface area contributed by atoms with Crippen LogP contribution in [0.5, 0.6) is 0 Å². The number of thiocarbonyl (C=S) groups is 1. The van der Waals surface area contributed by atoms with E-state index in [1.54, 1.807) is 6.07 Å². The number of hydrogen-bond donors (Lipinski definition) is 4. The molecule has 0 radical (unpaired) electrons. The van der Waals surface area contributed by atoms with Crippen LogP contribution >= 0.6 is 47.0 Å². The van der Waals surface area contributed by atoms with Crippen LogP contribution in [0.2, 0.25) is 0 Å². The fraction of sp³-hybridized carbons (Fsp3) is 0.118. The molecular formula is C17H13Cl3N4O5S. The first-order valence-corrected chi connectivity index (χ1v) is 9.55. The van der Waals surface area contributed by atoms with Gasteiger partial charge in [-0.3, -0.25) is 14.9 Å². The lowest BCUT2D eigenvalue weighted by molar-refractivity contribution is -0.385. The third-order valence-electron chi connectivity index (χ3n) is 3.59. The molecule has 0 aliphatic rings. The van der Waals surface area contributed by atoms with Gasteiger partial charge in [0.2, 0.25) is 3.79 Å². The highest BCUT2D eigenvalue weighted by atomic mass is 35.6. The number of alkyl halides is 3. The van der Waals surface area contributed by atoms with Gasteiger partial charge in [-0.2, -0.15) is 0 Å². The first-order chi connectivity index (χ1) is 14.0. The molecule has 0 bridgehead atoms. The third-order valence-corrected chi connectivity index (χ3v) is 4.47. The van der Waals surface area contributed by atoms with Crippen molar-refractivity contribution in [3.63, 3.8) is 0 Å². The monoisotopic (exact) mass is 490 g/mol. The number of rotatable bonds is 6. The van der Waals surface area contributed by atoms with Crippen LogP contribution in [0, 0.1) is 10.1 Å². The number of para-hydroxylation sites is 1. The Morgan fingerprint density at radius 1 is 1.10 bits per heavy atom. The summed E-state index contributed by atoms with van der Waals surface area (Å²) in [6.07, 6.45) is -1.38. The molecule has 0 fully saturated rings. The van der Waals surface area contributed by atoms with Crippen molar-refractivity contribution in [1.82, 2.24) is 10.6 Å². The molecule has 0 aliphatic heterocycles. The SMILES string of the molecule is O=C(O)c1cccc(NC(=S)N[C@H](NC(=O)c2ccccc2[N+](=O)[O-])C(Cl)(Cl)Cl)c1. The number of nitro groups is 1. The fourth-order valence-corrected chi connectivity index (χ4v) is 2.82. The summed E-state index contributed by atoms with van der Waals surface area (Å²) in [4.78, 5) is 34.0. The highest BCUT2D eigenvalue weighted by Gasteiger charge is 2.36. The van der Waals surface area contributed by atoms with Gasteiger partial charge in [-0.15, -0.1) is 0 Å². The second-order valence-corrected chi connectivity index (χ2v) is 8.48. The standard InChI is InChI=1S/C17H13Cl3N4O5S/c18-17(19,20)15(22-13(25)11-6-1-2-7-12(11)24(28)29)23-16(30)21-10-5-3-4-9(8-10)14(26)27/h1-8,15H,(H,22,25)(H,26,27)(H2,21,23,30)/t15-/m0/s1. The maximum atomic E-state index is 12.5. The smallest absolute Gasteiger partial charge is 0.335 e. The largest absolute Gasteiger partial charge is 0.478 e. The van der Waals surface area contributed by atoms with Gasteiger partial charge in [0.05, 0.1) is 10.5 Å². The van der Waals surface area contributed by atoms with Gasteiger partial charge < -0.3 is 21.1 Å². The number of carboxylic acid groups (broad SMARTS) is 1. The Morgan fingerprint density at radius 2 is 1.77 bits per heavy atom. The molecule has 0 saturated heterocycles. The number of carbonyl (C=O) groups excluding carboxylic acids is 1. The zero-order valence-electron chi connectivity index (χ0n) is 14.8. The Labute approximate surface area is 190 Å². The predicted octanol–water partition coefficient (Wildman–Crippen LogP) is 3.71. The Morgan fingerprint density at radius 3 is 2.37 bits per heavy atom. The van der Waals surface area contributed by atoms with Crippen molar-refractivity contribution in [3.05, 3.63) is 69.8 Å². The number of aromatic carboxylic acids is 1. The zero-order chi connectivity index (χ0) is 22.5. The van der Waals surface area contributed by atoms with E-state index < -0.39 is 32.4 Å². The van der Waals surface area contributed by atoms with E-state index in [9.17, 15) is 19.7 Å². The molecule has 158 valence electrons. The average Bonchev–Trinajstić information content (AvgIpc) is 2.66. The van der Waals surface area contributed by atoms with E-state index in [4.69, 9.17) is 52.1 Å². The van der Waals surface area contributed by atoms with E-state index in [0.717, 1.165) is 6.07 Å². The van der Waals surface area contributed by atoms with Gasteiger partial charge in [-0.25, -0.2) is 4.79 Å². The van der Waals surface area contributed by atoms with Gasteiger partial charge in [0.25, 0.3) is 11.6 Å². The van der Waals surface area contributed by atoms with E-state index in [-0.39, 0.29) is 16.2 Å². The molecule has 0 aromatic heterocycles. The Kier molecular flexibility index (Phi) is 7.79. The molecule has 30 heavy (non-hydrogen) atoms. The molecular weight excluding hydrogens is 479 g/mol. The van der Waals surface area contributed by atoms with Crippen molar-refractivity contribution in [2.75, 3.05) is 5.32 Å². The summed E-state index contributed by atoms with van der Waals surface area (Å²) < 4.78 is -2.09. The Balaban J connectivity index is 2.16. The summed E-state index contributed by atoms with van der Waals surface area (Å²) in [5.41, 5.74) is -0.313. The first kappa shape index (κ1) is 23.6. The summed E-state index contributed by atoms with van der Waals surface area (Å²) in [6, 6.07) is 11.0. The summed E-state index contributed by atoms with van der Waals surface area (Å²) in [7, 11) is 0. The van der Waals surface area contributed by atoms with Crippen molar-refractivity contribution in [2.45, 2.75) is 9.96 Å². The van der Waals surface area contributed by atoms with Gasteiger partial charge in [0.1, 0.15) is 11.7 Å². The molecule has 1 amide bonds. The van der Waals surface area contributed by atoms with Gasteiger partial charge >= 0.3 is 5.97 Å². The molecule has 2 aromatic carbocycles. The number of nitrogens with one attached hydrogen (secondary N) is 3. The lowest BCUT2D eigenvalue weighted by Crippen LogP contribution is -2.56. The number of nitro benzene ring substituents is 1. The highest BCUT2D eigenvalue weighted by molar-refractivity contribution is 7.80. The van der Waals surface area contributed by atoms with Crippen LogP contribution in [-0.4, -0.2) is 37.0 Å². The first-order valence-electron chi connectivity index (χ1n) is 8.01. The predicted molar refractivity (Wildman–Crippen MR) is 117 cm³/mol. The van der Waals surface area contributed by atoms with Crippen LogP contribution in [0.3, 0.4) is 0 Å². The van der Waals surface area contributed by atoms with Crippen molar-refractivity contribution in [1.29, 1.82) is 0 Å². The number of benzene rings is 2. The normalized spacial score (nSPS) is 11.8. The average molecular weight is 492 g/mol. The van der Waals surface area contributed by atoms with Crippen LogP contribution in [0.1, 0.15) is 20.7 Å². The van der Waals surface area contributed by atoms with Crippen molar-refractivity contribution >= 4 is 75.4 Å². The topological polar surface area (TPSA) is 134 Å². The number of hydrogen-bond acceptors (Lipinski definition) is 5. The molecule has 2 rings (SSSR count). The Hall–Kier alpha value is -2.66. The summed E-state index contributed by atoms with van der Waals surface area (Å²) >= 11 is 22.8.